The highest BCUT2D eigenvalue weighted by molar-refractivity contribution is 7.99. The Morgan fingerprint density at radius 2 is 2.00 bits per heavy atom. The van der Waals surface area contributed by atoms with E-state index in [1.165, 1.54) is 11.8 Å². The summed E-state index contributed by atoms with van der Waals surface area (Å²) in [7, 11) is 0. The molecule has 0 bridgehead atoms. The summed E-state index contributed by atoms with van der Waals surface area (Å²) in [6.07, 6.45) is 5.46. The number of imide groups is 1. The maximum Gasteiger partial charge on any atom is 0.428 e. The number of rotatable bonds is 5. The number of benzene rings is 2. The summed E-state index contributed by atoms with van der Waals surface area (Å²) >= 11 is 7.23. The quantitative estimate of drug-likeness (QED) is 0.266. The zero-order valence-corrected chi connectivity index (χ0v) is 20.2. The standard InChI is InChI=1S/C25H23ClN4O3S/c1-17-7-6-14-30(17,23(31)16-34-25-28-20-11-10-18(26)15-22(20)33-25)24(32)27-19-8-2-3-9-21(19)29-12-4-5-13-29/h2-5,8-13,15,17H,6-7,14,16H2,1H3/p+1/t17-,30?/m1/s1. The highest BCUT2D eigenvalue weighted by atomic mass is 35.5. The third kappa shape index (κ3) is 4.13. The van der Waals surface area contributed by atoms with Gasteiger partial charge in [-0.25, -0.2) is 14.6 Å². The van der Waals surface area contributed by atoms with Gasteiger partial charge in [0.1, 0.15) is 17.3 Å². The largest absolute Gasteiger partial charge is 0.431 e. The van der Waals surface area contributed by atoms with Gasteiger partial charge in [0.05, 0.1) is 17.9 Å². The molecule has 1 N–H and O–H groups in total. The Hall–Kier alpha value is -3.07. The summed E-state index contributed by atoms with van der Waals surface area (Å²) in [4.78, 5) is 31.7. The summed E-state index contributed by atoms with van der Waals surface area (Å²) in [6, 6.07) is 16.2. The zero-order valence-electron chi connectivity index (χ0n) is 18.6. The van der Waals surface area contributed by atoms with Crippen molar-refractivity contribution in [3.05, 3.63) is 72.0 Å². The van der Waals surface area contributed by atoms with Crippen molar-refractivity contribution in [2.75, 3.05) is 17.6 Å². The molecule has 0 spiro atoms. The van der Waals surface area contributed by atoms with E-state index in [1.807, 2.05) is 60.3 Å². The van der Waals surface area contributed by atoms with E-state index in [0.29, 0.717) is 33.6 Å². The van der Waals surface area contributed by atoms with Crippen LogP contribution in [0, 0.1) is 0 Å². The highest BCUT2D eigenvalue weighted by Crippen LogP contribution is 2.33. The highest BCUT2D eigenvalue weighted by Gasteiger charge is 2.52. The number of nitrogens with one attached hydrogen (secondary N) is 1. The first-order valence-corrected chi connectivity index (χ1v) is 12.5. The van der Waals surface area contributed by atoms with Crippen molar-refractivity contribution in [3.63, 3.8) is 0 Å². The van der Waals surface area contributed by atoms with Crippen LogP contribution in [-0.4, -0.2) is 44.3 Å². The molecule has 34 heavy (non-hydrogen) atoms. The van der Waals surface area contributed by atoms with E-state index in [9.17, 15) is 9.59 Å². The number of carbonyl (C=O) groups is 2. The fourth-order valence-electron chi connectivity index (χ4n) is 4.55. The van der Waals surface area contributed by atoms with E-state index in [1.54, 1.807) is 18.2 Å². The molecule has 2 aromatic carbocycles. The van der Waals surface area contributed by atoms with Crippen LogP contribution < -0.4 is 5.32 Å². The Morgan fingerprint density at radius 1 is 1.21 bits per heavy atom. The molecule has 0 radical (unpaired) electrons. The lowest BCUT2D eigenvalue weighted by molar-refractivity contribution is -0.781. The molecule has 7 nitrogen and oxygen atoms in total. The van der Waals surface area contributed by atoms with Crippen LogP contribution in [0.25, 0.3) is 16.8 Å². The van der Waals surface area contributed by atoms with E-state index >= 15 is 0 Å². The monoisotopic (exact) mass is 495 g/mol. The predicted octanol–water partition coefficient (Wildman–Crippen LogP) is 6.12. The Bertz CT molecular complexity index is 1350. The van der Waals surface area contributed by atoms with Gasteiger partial charge in [0.15, 0.2) is 5.58 Å². The molecule has 9 heteroatoms. The molecular formula is C25H24ClN4O3S+. The Morgan fingerprint density at radius 3 is 2.76 bits per heavy atom. The number of nitrogens with zero attached hydrogens (tertiary/aromatic N) is 3. The van der Waals surface area contributed by atoms with Gasteiger partial charge in [0.25, 0.3) is 5.22 Å². The molecule has 1 aliphatic heterocycles. The summed E-state index contributed by atoms with van der Waals surface area (Å²) in [5.41, 5.74) is 2.76. The molecule has 0 aliphatic carbocycles. The van der Waals surface area contributed by atoms with Gasteiger partial charge in [0, 0.05) is 36.3 Å². The van der Waals surface area contributed by atoms with Crippen LogP contribution in [0.15, 0.2) is 76.6 Å². The topological polar surface area (TPSA) is 77.1 Å². The minimum atomic E-state index is -0.306. The SMILES string of the molecule is C[C@@H]1CCC[N+]1(C(=O)CSc1nc2ccc(Cl)cc2o1)C(=O)Nc1ccccc1-n1cccc1. The lowest BCUT2D eigenvalue weighted by Gasteiger charge is -2.32. The van der Waals surface area contributed by atoms with Crippen LogP contribution in [0.2, 0.25) is 5.02 Å². The number of quaternary nitrogens is 1. The number of likely N-dealkylation sites (tertiary alicyclic amines) is 1. The average molecular weight is 496 g/mol. The first-order chi connectivity index (χ1) is 16.5. The lowest BCUT2D eigenvalue weighted by Crippen LogP contribution is -2.61. The molecule has 1 aliphatic rings. The van der Waals surface area contributed by atoms with Crippen molar-refractivity contribution in [1.82, 2.24) is 9.55 Å². The second-order valence-electron chi connectivity index (χ2n) is 8.40. The predicted molar refractivity (Wildman–Crippen MR) is 133 cm³/mol. The van der Waals surface area contributed by atoms with E-state index < -0.39 is 0 Å². The van der Waals surface area contributed by atoms with Crippen LogP contribution in [-0.2, 0) is 4.79 Å². The third-order valence-corrected chi connectivity index (χ3v) is 7.42. The average Bonchev–Trinajstić information content (AvgIpc) is 3.57. The molecule has 1 unspecified atom stereocenters. The summed E-state index contributed by atoms with van der Waals surface area (Å²) < 4.78 is 7.44. The Labute approximate surface area is 206 Å². The van der Waals surface area contributed by atoms with E-state index in [2.05, 4.69) is 10.3 Å². The summed E-state index contributed by atoms with van der Waals surface area (Å²) in [5.74, 6) is -0.0800. The van der Waals surface area contributed by atoms with Crippen molar-refractivity contribution in [2.24, 2.45) is 0 Å². The first kappa shape index (κ1) is 22.7. The van der Waals surface area contributed by atoms with Gasteiger partial charge in [0.2, 0.25) is 0 Å². The number of aromatic nitrogens is 2. The Kier molecular flexibility index (Phi) is 6.20. The van der Waals surface area contributed by atoms with Gasteiger partial charge < -0.3 is 8.98 Å². The number of halogens is 1. The number of hydrogen-bond acceptors (Lipinski definition) is 5. The van der Waals surface area contributed by atoms with Crippen LogP contribution >= 0.6 is 23.4 Å². The number of fused-ring (bicyclic) bond motifs is 1. The number of carbonyl (C=O) groups excluding carboxylic acids is 2. The summed E-state index contributed by atoms with van der Waals surface area (Å²) in [6.45, 7) is 2.44. The van der Waals surface area contributed by atoms with Gasteiger partial charge in [-0.05, 0) is 43.3 Å². The molecule has 1 fully saturated rings. The number of urea groups is 1. The van der Waals surface area contributed by atoms with Crippen molar-refractivity contribution in [2.45, 2.75) is 31.0 Å². The molecule has 174 valence electrons. The molecule has 5 rings (SSSR count). The van der Waals surface area contributed by atoms with E-state index in [-0.39, 0.29) is 28.2 Å². The molecule has 1 saturated heterocycles. The second kappa shape index (κ2) is 9.29. The molecule has 3 heterocycles. The third-order valence-electron chi connectivity index (χ3n) is 6.37. The van der Waals surface area contributed by atoms with Gasteiger partial charge in [-0.3, -0.25) is 5.32 Å². The molecule has 2 atom stereocenters. The molecule has 3 amide bonds. The van der Waals surface area contributed by atoms with Gasteiger partial charge in [-0.15, -0.1) is 0 Å². The number of oxazole rings is 1. The number of hydrogen-bond donors (Lipinski definition) is 1. The molecular weight excluding hydrogens is 472 g/mol. The minimum absolute atomic E-state index is 0.0809. The van der Waals surface area contributed by atoms with Crippen molar-refractivity contribution < 1.29 is 18.5 Å². The first-order valence-electron chi connectivity index (χ1n) is 11.1. The fourth-order valence-corrected chi connectivity index (χ4v) is 5.51. The second-order valence-corrected chi connectivity index (χ2v) is 9.76. The molecule has 0 saturated carbocycles. The van der Waals surface area contributed by atoms with E-state index in [0.717, 1.165) is 18.5 Å². The van der Waals surface area contributed by atoms with Crippen LogP contribution in [0.1, 0.15) is 19.8 Å². The van der Waals surface area contributed by atoms with Crippen molar-refractivity contribution in [3.8, 4) is 5.69 Å². The number of amides is 3. The number of para-hydroxylation sites is 2. The zero-order chi connectivity index (χ0) is 23.7. The van der Waals surface area contributed by atoms with Crippen molar-refractivity contribution in [1.29, 1.82) is 0 Å². The molecule has 4 aromatic rings. The maximum absolute atomic E-state index is 13.7. The normalized spacial score (nSPS) is 20.0. The van der Waals surface area contributed by atoms with Crippen LogP contribution in [0.4, 0.5) is 10.5 Å². The fraction of sp³-hybridized carbons (Fsp3) is 0.240. The smallest absolute Gasteiger partial charge is 0.428 e. The van der Waals surface area contributed by atoms with Gasteiger partial charge >= 0.3 is 11.9 Å². The van der Waals surface area contributed by atoms with Crippen LogP contribution in [0.5, 0.6) is 0 Å². The maximum atomic E-state index is 13.7. The summed E-state index contributed by atoms with van der Waals surface area (Å²) in [5, 5.41) is 3.99. The number of anilines is 1. The minimum Gasteiger partial charge on any atom is -0.431 e. The van der Waals surface area contributed by atoms with E-state index in [4.69, 9.17) is 16.0 Å². The van der Waals surface area contributed by atoms with Gasteiger partial charge in [-0.2, -0.15) is 4.48 Å². The Balaban J connectivity index is 1.37. The molecule has 2 aromatic heterocycles. The number of thioether (sulfide) groups is 1. The van der Waals surface area contributed by atoms with Crippen LogP contribution in [0.3, 0.4) is 0 Å². The van der Waals surface area contributed by atoms with Gasteiger partial charge in [-0.1, -0.05) is 35.5 Å². The lowest BCUT2D eigenvalue weighted by atomic mass is 10.2. The van der Waals surface area contributed by atoms with Crippen molar-refractivity contribution >= 4 is 52.1 Å².